The third kappa shape index (κ3) is 4.41. The van der Waals surface area contributed by atoms with Gasteiger partial charge in [-0.15, -0.1) is 22.7 Å². The van der Waals surface area contributed by atoms with Gasteiger partial charge in [0.2, 0.25) is 0 Å². The predicted octanol–water partition coefficient (Wildman–Crippen LogP) is 3.99. The van der Waals surface area contributed by atoms with Gasteiger partial charge in [0, 0.05) is 39.3 Å². The van der Waals surface area contributed by atoms with Crippen LogP contribution in [0.1, 0.15) is 11.1 Å². The Bertz CT molecular complexity index is 987. The fourth-order valence-corrected chi connectivity index (χ4v) is 5.76. The molecule has 6 heteroatoms. The number of likely N-dealkylation sites (N-methyl/N-ethyl adjacent to an activating group) is 2. The molecular weight excluding hydrogens is 421 g/mol. The van der Waals surface area contributed by atoms with Crippen molar-refractivity contribution in [2.75, 3.05) is 28.2 Å². The number of hydrogen-bond donors (Lipinski definition) is 0. The number of thiocarbonyl (C=S) groups is 2. The van der Waals surface area contributed by atoms with Crippen LogP contribution in [0.5, 0.6) is 0 Å². The molecule has 0 radical (unpaired) electrons. The molecule has 0 fully saturated rings. The Labute approximate surface area is 185 Å². The maximum atomic E-state index is 5.74. The van der Waals surface area contributed by atoms with Crippen LogP contribution in [0, 0.1) is 0 Å². The lowest BCUT2D eigenvalue weighted by Crippen LogP contribution is -2.30. The van der Waals surface area contributed by atoms with Gasteiger partial charge in [-0.1, -0.05) is 85.1 Å². The molecule has 0 aliphatic heterocycles. The molecule has 0 saturated heterocycles. The SMILES string of the molecule is CN(C)C(=S)C(c1ccccc1)=c1sc(=C(C(=S)N(C)C)c2ccccc2)s1. The molecule has 3 aromatic rings. The number of benzene rings is 2. The Morgan fingerprint density at radius 2 is 0.929 bits per heavy atom. The normalized spacial score (nSPS) is 10.4. The lowest BCUT2D eigenvalue weighted by atomic mass is 10.1. The minimum Gasteiger partial charge on any atom is -0.368 e. The smallest absolute Gasteiger partial charge is 0.111 e. The van der Waals surface area contributed by atoms with Crippen LogP contribution in [0.15, 0.2) is 60.7 Å². The minimum atomic E-state index is 0.844. The Hall–Kier alpha value is -1.86. The highest BCUT2D eigenvalue weighted by Gasteiger charge is 2.17. The third-order valence-electron chi connectivity index (χ3n) is 4.14. The van der Waals surface area contributed by atoms with E-state index < -0.39 is 0 Å². The lowest BCUT2D eigenvalue weighted by Gasteiger charge is -2.19. The predicted molar refractivity (Wildman–Crippen MR) is 132 cm³/mol. The molecule has 1 aromatic heterocycles. The monoisotopic (exact) mass is 442 g/mol. The van der Waals surface area contributed by atoms with Gasteiger partial charge >= 0.3 is 0 Å². The van der Waals surface area contributed by atoms with Gasteiger partial charge in [0.25, 0.3) is 0 Å². The van der Waals surface area contributed by atoms with Crippen LogP contribution < -0.4 is 7.69 Å². The minimum absolute atomic E-state index is 0.844. The average Bonchev–Trinajstić information content (AvgIpc) is 2.67. The highest BCUT2D eigenvalue weighted by Crippen LogP contribution is 2.19. The molecule has 0 aliphatic carbocycles. The molecule has 0 saturated carbocycles. The van der Waals surface area contributed by atoms with Crippen molar-refractivity contribution >= 4 is 68.2 Å². The summed E-state index contributed by atoms with van der Waals surface area (Å²) < 4.78 is 2.43. The van der Waals surface area contributed by atoms with Crippen molar-refractivity contribution in [3.05, 3.63) is 79.5 Å². The number of rotatable bonds is 4. The largest absolute Gasteiger partial charge is 0.368 e. The zero-order valence-corrected chi connectivity index (χ0v) is 19.6. The first kappa shape index (κ1) is 20.9. The second kappa shape index (κ2) is 9.09. The van der Waals surface area contributed by atoms with Gasteiger partial charge in [0.05, 0.1) is 7.69 Å². The standard InChI is InChI=1S/C22H22N2S4/c1-23(2)19(25)17(15-11-7-5-8-12-15)21-27-22(28-21)18(20(26)24(3)4)16-13-9-6-10-14-16/h5-14H,1-4H3. The van der Waals surface area contributed by atoms with Crippen molar-refractivity contribution in [1.29, 1.82) is 0 Å². The number of nitrogens with zero attached hydrogens (tertiary/aromatic N) is 2. The Morgan fingerprint density at radius 3 is 1.21 bits per heavy atom. The summed E-state index contributed by atoms with van der Waals surface area (Å²) in [5.41, 5.74) is 4.52. The molecule has 0 spiro atoms. The van der Waals surface area contributed by atoms with Crippen molar-refractivity contribution in [1.82, 2.24) is 9.80 Å². The van der Waals surface area contributed by atoms with E-state index in [0.717, 1.165) is 32.3 Å². The Kier molecular flexibility index (Phi) is 6.78. The van der Waals surface area contributed by atoms with Crippen molar-refractivity contribution in [2.45, 2.75) is 0 Å². The third-order valence-corrected chi connectivity index (χ3v) is 7.84. The zero-order valence-electron chi connectivity index (χ0n) is 16.3. The first-order valence-corrected chi connectivity index (χ1v) is 11.2. The summed E-state index contributed by atoms with van der Waals surface area (Å²) in [4.78, 5) is 5.68. The maximum absolute atomic E-state index is 5.74. The maximum Gasteiger partial charge on any atom is 0.111 e. The van der Waals surface area contributed by atoms with E-state index in [0.29, 0.717) is 0 Å². The van der Waals surface area contributed by atoms with E-state index in [1.807, 2.05) is 50.1 Å². The summed E-state index contributed by atoms with van der Waals surface area (Å²) in [7, 11) is 7.97. The summed E-state index contributed by atoms with van der Waals surface area (Å²) in [5.74, 6) is 0. The van der Waals surface area contributed by atoms with Crippen molar-refractivity contribution in [2.24, 2.45) is 0 Å². The van der Waals surface area contributed by atoms with Gasteiger partial charge in [-0.3, -0.25) is 0 Å². The van der Waals surface area contributed by atoms with E-state index in [9.17, 15) is 0 Å². The molecule has 2 aromatic carbocycles. The van der Waals surface area contributed by atoms with E-state index in [1.54, 1.807) is 22.7 Å². The van der Waals surface area contributed by atoms with Crippen molar-refractivity contribution in [3.63, 3.8) is 0 Å². The molecule has 3 rings (SSSR count). The molecule has 144 valence electrons. The molecule has 28 heavy (non-hydrogen) atoms. The van der Waals surface area contributed by atoms with Crippen LogP contribution in [0.4, 0.5) is 0 Å². The van der Waals surface area contributed by atoms with Crippen LogP contribution >= 0.6 is 47.1 Å². The summed E-state index contributed by atoms with van der Waals surface area (Å²) in [6.07, 6.45) is 0. The van der Waals surface area contributed by atoms with E-state index >= 15 is 0 Å². The average molecular weight is 443 g/mol. The number of hydrogen-bond acceptors (Lipinski definition) is 4. The molecule has 0 bridgehead atoms. The van der Waals surface area contributed by atoms with Gasteiger partial charge < -0.3 is 9.80 Å². The van der Waals surface area contributed by atoms with Gasteiger partial charge in [0.1, 0.15) is 9.98 Å². The first-order chi connectivity index (χ1) is 13.4. The van der Waals surface area contributed by atoms with Crippen LogP contribution in [0.25, 0.3) is 11.1 Å². The van der Waals surface area contributed by atoms with E-state index in [2.05, 4.69) is 48.5 Å². The highest BCUT2D eigenvalue weighted by atomic mass is 32.2. The summed E-state index contributed by atoms with van der Waals surface area (Å²) in [5, 5.41) is 0. The Morgan fingerprint density at radius 1 is 0.607 bits per heavy atom. The topological polar surface area (TPSA) is 6.48 Å². The van der Waals surface area contributed by atoms with Gasteiger partial charge in [0.15, 0.2) is 0 Å². The summed E-state index contributed by atoms with van der Waals surface area (Å²) >= 11 is 15.0. The van der Waals surface area contributed by atoms with Crippen LogP contribution in [-0.4, -0.2) is 48.0 Å². The van der Waals surface area contributed by atoms with Crippen molar-refractivity contribution in [3.8, 4) is 0 Å². The molecule has 0 aliphatic rings. The van der Waals surface area contributed by atoms with E-state index in [4.69, 9.17) is 24.4 Å². The molecule has 0 N–H and O–H groups in total. The fourth-order valence-electron chi connectivity index (χ4n) is 2.69. The molecule has 0 amide bonds. The highest BCUT2D eigenvalue weighted by molar-refractivity contribution is 7.81. The zero-order chi connectivity index (χ0) is 20.3. The van der Waals surface area contributed by atoms with Crippen molar-refractivity contribution < 1.29 is 0 Å². The van der Waals surface area contributed by atoms with Crippen LogP contribution in [0.2, 0.25) is 0 Å². The molecule has 0 atom stereocenters. The molecule has 0 unspecified atom stereocenters. The summed E-state index contributed by atoms with van der Waals surface area (Å²) in [6.45, 7) is 0. The molecular formula is C22H22N2S4. The van der Waals surface area contributed by atoms with Gasteiger partial charge in [-0.25, -0.2) is 0 Å². The van der Waals surface area contributed by atoms with Gasteiger partial charge in [-0.2, -0.15) is 0 Å². The second-order valence-corrected chi connectivity index (χ2v) is 9.99. The summed E-state index contributed by atoms with van der Waals surface area (Å²) in [6, 6.07) is 20.7. The molecule has 2 nitrogen and oxygen atoms in total. The second-order valence-electron chi connectivity index (χ2n) is 6.66. The Balaban J connectivity index is 2.25. The lowest BCUT2D eigenvalue weighted by molar-refractivity contribution is 0.641. The van der Waals surface area contributed by atoms with E-state index in [1.165, 1.54) is 7.69 Å². The van der Waals surface area contributed by atoms with Crippen LogP contribution in [0.3, 0.4) is 0 Å². The van der Waals surface area contributed by atoms with Crippen LogP contribution in [-0.2, 0) is 0 Å². The molecule has 1 heterocycles. The quantitative estimate of drug-likeness (QED) is 0.564. The fraction of sp³-hybridized carbons (Fsp3) is 0.182. The first-order valence-electron chi connectivity index (χ1n) is 8.78. The van der Waals surface area contributed by atoms with Gasteiger partial charge in [-0.05, 0) is 11.1 Å². The van der Waals surface area contributed by atoms with E-state index in [-0.39, 0.29) is 0 Å².